The molecule has 4 heteroatoms. The standard InChI is InChI=1S/C15H18N4/c1-10-6-13(11-2-3-15(16)18-9-11)7-14(19-10)12-4-5-17-8-12/h2-3,6-7,9,12,17H,4-5,8H2,1H3,(H2,16,18). The molecular formula is C15H18N4. The second-order valence-electron chi connectivity index (χ2n) is 5.08. The van der Waals surface area contributed by atoms with Crippen molar-refractivity contribution in [3.8, 4) is 11.1 Å². The first-order valence-corrected chi connectivity index (χ1v) is 6.63. The van der Waals surface area contributed by atoms with Crippen LogP contribution in [-0.4, -0.2) is 23.1 Å². The van der Waals surface area contributed by atoms with E-state index in [-0.39, 0.29) is 0 Å². The number of nitrogens with one attached hydrogen (secondary N) is 1. The Balaban J connectivity index is 1.99. The fraction of sp³-hybridized carbons (Fsp3) is 0.333. The summed E-state index contributed by atoms with van der Waals surface area (Å²) >= 11 is 0. The van der Waals surface area contributed by atoms with Crippen molar-refractivity contribution in [3.05, 3.63) is 41.9 Å². The van der Waals surface area contributed by atoms with Crippen molar-refractivity contribution in [2.75, 3.05) is 18.8 Å². The van der Waals surface area contributed by atoms with Crippen LogP contribution in [0.2, 0.25) is 0 Å². The van der Waals surface area contributed by atoms with Crippen molar-refractivity contribution in [2.24, 2.45) is 0 Å². The summed E-state index contributed by atoms with van der Waals surface area (Å²) in [4.78, 5) is 8.83. The van der Waals surface area contributed by atoms with E-state index in [0.29, 0.717) is 11.7 Å². The number of rotatable bonds is 2. The van der Waals surface area contributed by atoms with Crippen molar-refractivity contribution >= 4 is 5.82 Å². The molecule has 1 fully saturated rings. The lowest BCUT2D eigenvalue weighted by molar-refractivity contribution is 0.731. The molecule has 1 atom stereocenters. The first-order valence-electron chi connectivity index (χ1n) is 6.63. The maximum Gasteiger partial charge on any atom is 0.123 e. The number of aromatic nitrogens is 2. The molecule has 19 heavy (non-hydrogen) atoms. The molecule has 1 unspecified atom stereocenters. The van der Waals surface area contributed by atoms with Gasteiger partial charge in [0.15, 0.2) is 0 Å². The van der Waals surface area contributed by atoms with E-state index in [0.717, 1.165) is 30.8 Å². The first-order chi connectivity index (χ1) is 9.22. The molecule has 4 nitrogen and oxygen atoms in total. The van der Waals surface area contributed by atoms with E-state index in [1.807, 2.05) is 25.3 Å². The van der Waals surface area contributed by atoms with Crippen molar-refractivity contribution in [1.29, 1.82) is 0 Å². The lowest BCUT2D eigenvalue weighted by atomic mass is 9.99. The highest BCUT2D eigenvalue weighted by molar-refractivity contribution is 5.64. The number of anilines is 1. The summed E-state index contributed by atoms with van der Waals surface area (Å²) < 4.78 is 0. The zero-order valence-electron chi connectivity index (χ0n) is 11.1. The molecule has 2 aromatic heterocycles. The molecule has 0 amide bonds. The largest absolute Gasteiger partial charge is 0.384 e. The zero-order valence-corrected chi connectivity index (χ0v) is 11.1. The number of aryl methyl sites for hydroxylation is 1. The predicted octanol–water partition coefficient (Wildman–Crippen LogP) is 2.11. The van der Waals surface area contributed by atoms with Gasteiger partial charge in [0.2, 0.25) is 0 Å². The number of pyridine rings is 2. The van der Waals surface area contributed by atoms with Crippen LogP contribution in [0, 0.1) is 6.92 Å². The Hall–Kier alpha value is -1.94. The number of nitrogen functional groups attached to an aromatic ring is 1. The van der Waals surface area contributed by atoms with Crippen LogP contribution in [-0.2, 0) is 0 Å². The third kappa shape index (κ3) is 2.58. The highest BCUT2D eigenvalue weighted by Crippen LogP contribution is 2.26. The summed E-state index contributed by atoms with van der Waals surface area (Å²) in [6.07, 6.45) is 2.98. The van der Waals surface area contributed by atoms with Crippen molar-refractivity contribution < 1.29 is 0 Å². The van der Waals surface area contributed by atoms with Gasteiger partial charge in [-0.25, -0.2) is 4.98 Å². The van der Waals surface area contributed by atoms with Crippen LogP contribution in [0.25, 0.3) is 11.1 Å². The van der Waals surface area contributed by atoms with E-state index >= 15 is 0 Å². The number of hydrogen-bond acceptors (Lipinski definition) is 4. The van der Waals surface area contributed by atoms with Crippen LogP contribution in [0.15, 0.2) is 30.5 Å². The van der Waals surface area contributed by atoms with E-state index < -0.39 is 0 Å². The van der Waals surface area contributed by atoms with Crippen molar-refractivity contribution in [3.63, 3.8) is 0 Å². The number of hydrogen-bond donors (Lipinski definition) is 2. The minimum Gasteiger partial charge on any atom is -0.384 e. The smallest absolute Gasteiger partial charge is 0.123 e. The number of nitrogens with two attached hydrogens (primary N) is 1. The summed E-state index contributed by atoms with van der Waals surface area (Å²) in [6, 6.07) is 8.12. The normalized spacial score (nSPS) is 18.7. The summed E-state index contributed by atoms with van der Waals surface area (Å²) in [5.74, 6) is 1.08. The van der Waals surface area contributed by atoms with Crippen molar-refractivity contribution in [1.82, 2.24) is 15.3 Å². The van der Waals surface area contributed by atoms with Gasteiger partial charge in [0.25, 0.3) is 0 Å². The third-order valence-corrected chi connectivity index (χ3v) is 3.57. The maximum absolute atomic E-state index is 5.63. The Labute approximate surface area is 113 Å². The topological polar surface area (TPSA) is 63.8 Å². The van der Waals surface area contributed by atoms with Crippen LogP contribution in [0.1, 0.15) is 23.7 Å². The quantitative estimate of drug-likeness (QED) is 0.861. The average Bonchev–Trinajstić information content (AvgIpc) is 2.93. The highest BCUT2D eigenvalue weighted by Gasteiger charge is 2.18. The summed E-state index contributed by atoms with van der Waals surface area (Å²) in [7, 11) is 0. The molecule has 0 aromatic carbocycles. The van der Waals surface area contributed by atoms with Gasteiger partial charge in [-0.2, -0.15) is 0 Å². The van der Waals surface area contributed by atoms with Gasteiger partial charge in [0.1, 0.15) is 5.82 Å². The molecule has 0 spiro atoms. The molecule has 2 aromatic rings. The molecule has 0 aliphatic carbocycles. The fourth-order valence-electron chi connectivity index (χ4n) is 2.55. The summed E-state index contributed by atoms with van der Waals surface area (Å²) in [6.45, 7) is 4.15. The maximum atomic E-state index is 5.63. The minimum absolute atomic E-state index is 0.528. The molecule has 0 bridgehead atoms. The van der Waals surface area contributed by atoms with Crippen LogP contribution in [0.5, 0.6) is 0 Å². The van der Waals surface area contributed by atoms with Gasteiger partial charge >= 0.3 is 0 Å². The van der Waals surface area contributed by atoms with Gasteiger partial charge < -0.3 is 11.1 Å². The van der Waals surface area contributed by atoms with Gasteiger partial charge in [-0.3, -0.25) is 4.98 Å². The minimum atomic E-state index is 0.528. The number of nitrogens with zero attached hydrogens (tertiary/aromatic N) is 2. The second kappa shape index (κ2) is 4.97. The Morgan fingerprint density at radius 3 is 2.84 bits per heavy atom. The van der Waals surface area contributed by atoms with Crippen molar-refractivity contribution in [2.45, 2.75) is 19.3 Å². The Bertz CT molecular complexity index is 571. The molecule has 98 valence electrons. The van der Waals surface area contributed by atoms with Gasteiger partial charge in [0, 0.05) is 35.6 Å². The average molecular weight is 254 g/mol. The van der Waals surface area contributed by atoms with Gasteiger partial charge in [-0.05, 0) is 49.7 Å². The van der Waals surface area contributed by atoms with Crippen LogP contribution in [0.3, 0.4) is 0 Å². The molecule has 3 N–H and O–H groups in total. The Morgan fingerprint density at radius 2 is 2.16 bits per heavy atom. The predicted molar refractivity (Wildman–Crippen MR) is 76.8 cm³/mol. The molecule has 0 saturated carbocycles. The molecule has 3 heterocycles. The summed E-state index contributed by atoms with van der Waals surface area (Å²) in [5, 5.41) is 3.39. The highest BCUT2D eigenvalue weighted by atomic mass is 14.9. The van der Waals surface area contributed by atoms with E-state index in [1.54, 1.807) is 0 Å². The van der Waals surface area contributed by atoms with Gasteiger partial charge in [-0.15, -0.1) is 0 Å². The fourth-order valence-corrected chi connectivity index (χ4v) is 2.55. The first kappa shape index (κ1) is 12.1. The molecule has 3 rings (SSSR count). The van der Waals surface area contributed by atoms with Gasteiger partial charge in [-0.1, -0.05) is 0 Å². The molecule has 1 aliphatic heterocycles. The van der Waals surface area contributed by atoms with Gasteiger partial charge in [0.05, 0.1) is 0 Å². The molecular weight excluding hydrogens is 236 g/mol. The second-order valence-corrected chi connectivity index (χ2v) is 5.08. The van der Waals surface area contributed by atoms with Crippen LogP contribution in [0.4, 0.5) is 5.82 Å². The molecule has 0 radical (unpaired) electrons. The molecule has 1 saturated heterocycles. The van der Waals surface area contributed by atoms with E-state index in [4.69, 9.17) is 5.73 Å². The zero-order chi connectivity index (χ0) is 13.2. The lowest BCUT2D eigenvalue weighted by Crippen LogP contribution is -2.09. The third-order valence-electron chi connectivity index (χ3n) is 3.57. The lowest BCUT2D eigenvalue weighted by Gasteiger charge is -2.11. The monoisotopic (exact) mass is 254 g/mol. The summed E-state index contributed by atoms with van der Waals surface area (Å²) in [5.41, 5.74) is 10.1. The van der Waals surface area contributed by atoms with E-state index in [1.165, 1.54) is 11.3 Å². The van der Waals surface area contributed by atoms with E-state index in [9.17, 15) is 0 Å². The van der Waals surface area contributed by atoms with Crippen LogP contribution >= 0.6 is 0 Å². The molecule has 1 aliphatic rings. The Morgan fingerprint density at radius 1 is 1.26 bits per heavy atom. The van der Waals surface area contributed by atoms with E-state index in [2.05, 4.69) is 27.4 Å². The Kier molecular flexibility index (Phi) is 3.17. The van der Waals surface area contributed by atoms with Crippen LogP contribution < -0.4 is 11.1 Å². The SMILES string of the molecule is Cc1cc(-c2ccc(N)nc2)cc(C2CCNC2)n1.